The molecular weight excluding hydrogens is 184 g/mol. The molecule has 0 aliphatic heterocycles. The fourth-order valence-corrected chi connectivity index (χ4v) is 2.81. The van der Waals surface area contributed by atoms with E-state index < -0.39 is 0 Å². The highest BCUT2D eigenvalue weighted by molar-refractivity contribution is 8.00. The maximum Gasteiger partial charge on any atom is 0.114 e. The molecule has 72 valence electrons. The maximum absolute atomic E-state index is 5.24. The van der Waals surface area contributed by atoms with Crippen LogP contribution in [-0.4, -0.2) is 18.5 Å². The van der Waals surface area contributed by atoms with E-state index in [9.17, 15) is 0 Å². The van der Waals surface area contributed by atoms with Crippen molar-refractivity contribution < 1.29 is 9.15 Å². The molecule has 0 aromatic carbocycles. The Kier molecular flexibility index (Phi) is 2.65. The molecule has 2 rings (SSSR count). The molecule has 0 saturated heterocycles. The van der Waals surface area contributed by atoms with Gasteiger partial charge < -0.3 is 9.15 Å². The van der Waals surface area contributed by atoms with Gasteiger partial charge in [-0.05, 0) is 25.8 Å². The Bertz CT molecular complexity index is 276. The van der Waals surface area contributed by atoms with Gasteiger partial charge in [0.25, 0.3) is 0 Å². The van der Waals surface area contributed by atoms with E-state index in [2.05, 4.69) is 0 Å². The molecule has 1 aromatic heterocycles. The Morgan fingerprint density at radius 2 is 2.31 bits per heavy atom. The molecule has 1 aliphatic carbocycles. The minimum Gasteiger partial charge on any atom is -0.468 e. The van der Waals surface area contributed by atoms with Crippen LogP contribution in [0.3, 0.4) is 0 Å². The number of methoxy groups -OCH3 is 1. The topological polar surface area (TPSA) is 22.4 Å². The number of hydrogen-bond donors (Lipinski definition) is 0. The van der Waals surface area contributed by atoms with E-state index >= 15 is 0 Å². The number of furan rings is 1. The number of hydrogen-bond acceptors (Lipinski definition) is 3. The van der Waals surface area contributed by atoms with Crippen molar-refractivity contribution in [2.45, 2.75) is 36.0 Å². The molecule has 0 unspecified atom stereocenters. The lowest BCUT2D eigenvalue weighted by atomic mass is 9.95. The highest BCUT2D eigenvalue weighted by atomic mass is 32.2. The summed E-state index contributed by atoms with van der Waals surface area (Å²) in [5.41, 5.74) is 0. The summed E-state index contributed by atoms with van der Waals surface area (Å²) in [5, 5.41) is 0.723. The van der Waals surface area contributed by atoms with E-state index in [1.165, 1.54) is 17.7 Å². The first kappa shape index (κ1) is 9.16. The lowest BCUT2D eigenvalue weighted by molar-refractivity contribution is 0.0457. The summed E-state index contributed by atoms with van der Waals surface area (Å²) in [7, 11) is 1.79. The van der Waals surface area contributed by atoms with Crippen LogP contribution in [-0.2, 0) is 4.74 Å². The molecule has 1 aliphatic rings. The van der Waals surface area contributed by atoms with Gasteiger partial charge in [-0.15, -0.1) is 11.8 Å². The molecule has 0 atom stereocenters. The Balaban J connectivity index is 1.84. The van der Waals surface area contributed by atoms with Gasteiger partial charge in [0.05, 0.1) is 12.4 Å². The lowest BCUT2D eigenvalue weighted by Gasteiger charge is -2.33. The zero-order valence-electron chi connectivity index (χ0n) is 7.95. The van der Waals surface area contributed by atoms with Crippen molar-refractivity contribution in [3.05, 3.63) is 18.1 Å². The molecular formula is C10H14O2S. The minimum absolute atomic E-state index is 0.490. The van der Waals surface area contributed by atoms with Gasteiger partial charge in [-0.2, -0.15) is 0 Å². The van der Waals surface area contributed by atoms with Crippen molar-refractivity contribution in [3.8, 4) is 0 Å². The second kappa shape index (κ2) is 3.76. The molecule has 3 heteroatoms. The number of thioether (sulfide) groups is 1. The van der Waals surface area contributed by atoms with Crippen LogP contribution in [0, 0.1) is 6.92 Å². The molecule has 1 heterocycles. The molecule has 0 amide bonds. The Hall–Kier alpha value is -0.410. The van der Waals surface area contributed by atoms with Gasteiger partial charge in [-0.3, -0.25) is 0 Å². The van der Waals surface area contributed by atoms with Gasteiger partial charge in [0.2, 0.25) is 0 Å². The summed E-state index contributed by atoms with van der Waals surface area (Å²) in [6.07, 6.45) is 4.59. The Morgan fingerprint density at radius 3 is 2.85 bits per heavy atom. The second-order valence-corrected chi connectivity index (χ2v) is 4.75. The summed E-state index contributed by atoms with van der Waals surface area (Å²) < 4.78 is 10.5. The Labute approximate surface area is 82.6 Å². The monoisotopic (exact) mass is 198 g/mol. The normalized spacial score (nSPS) is 27.2. The predicted molar refractivity (Wildman–Crippen MR) is 53.1 cm³/mol. The molecule has 1 saturated carbocycles. The van der Waals surface area contributed by atoms with Crippen molar-refractivity contribution >= 4 is 11.8 Å². The highest BCUT2D eigenvalue weighted by Gasteiger charge is 2.30. The number of rotatable bonds is 3. The van der Waals surface area contributed by atoms with Gasteiger partial charge in [-0.1, -0.05) is 0 Å². The molecule has 0 bridgehead atoms. The van der Waals surface area contributed by atoms with Crippen LogP contribution in [0.5, 0.6) is 0 Å². The highest BCUT2D eigenvalue weighted by Crippen LogP contribution is 2.39. The van der Waals surface area contributed by atoms with Crippen LogP contribution in [0.2, 0.25) is 0 Å². The van der Waals surface area contributed by atoms with Crippen LogP contribution in [0.1, 0.15) is 18.6 Å². The van der Waals surface area contributed by atoms with Gasteiger partial charge in [0.15, 0.2) is 0 Å². The predicted octanol–water partition coefficient (Wildman–Crippen LogP) is 2.86. The smallest absolute Gasteiger partial charge is 0.114 e. The Morgan fingerprint density at radius 1 is 1.54 bits per heavy atom. The SMILES string of the molecule is COC1CC(Sc2ccoc2C)C1. The van der Waals surface area contributed by atoms with E-state index in [0.29, 0.717) is 6.10 Å². The lowest BCUT2D eigenvalue weighted by Crippen LogP contribution is -2.32. The minimum atomic E-state index is 0.490. The first-order valence-corrected chi connectivity index (χ1v) is 5.41. The van der Waals surface area contributed by atoms with Gasteiger partial charge in [0.1, 0.15) is 5.76 Å². The molecule has 1 aromatic rings. The first-order valence-electron chi connectivity index (χ1n) is 4.53. The largest absolute Gasteiger partial charge is 0.468 e. The maximum atomic E-state index is 5.24. The van der Waals surface area contributed by atoms with E-state index in [4.69, 9.17) is 9.15 Å². The standard InChI is InChI=1S/C10H14O2S/c1-7-10(3-4-12-7)13-9-5-8(6-9)11-2/h3-4,8-9H,5-6H2,1-2H3. The number of aryl methyl sites for hydroxylation is 1. The third-order valence-electron chi connectivity index (χ3n) is 2.49. The van der Waals surface area contributed by atoms with E-state index in [-0.39, 0.29) is 0 Å². The quantitative estimate of drug-likeness (QED) is 0.745. The summed E-state index contributed by atoms with van der Waals surface area (Å²) in [4.78, 5) is 1.28. The van der Waals surface area contributed by atoms with Crippen molar-refractivity contribution in [2.75, 3.05) is 7.11 Å². The summed E-state index contributed by atoms with van der Waals surface area (Å²) in [6, 6.07) is 2.04. The van der Waals surface area contributed by atoms with Crippen LogP contribution in [0.25, 0.3) is 0 Å². The average Bonchev–Trinajstić information content (AvgIpc) is 2.43. The zero-order chi connectivity index (χ0) is 9.26. The molecule has 13 heavy (non-hydrogen) atoms. The fraction of sp³-hybridized carbons (Fsp3) is 0.600. The summed E-state index contributed by atoms with van der Waals surface area (Å²) >= 11 is 1.91. The average molecular weight is 198 g/mol. The molecule has 1 fully saturated rings. The number of ether oxygens (including phenoxy) is 1. The summed E-state index contributed by atoms with van der Waals surface area (Å²) in [5.74, 6) is 1.03. The van der Waals surface area contributed by atoms with Crippen molar-refractivity contribution in [1.82, 2.24) is 0 Å². The third kappa shape index (κ3) is 1.92. The third-order valence-corrected chi connectivity index (χ3v) is 3.89. The van der Waals surface area contributed by atoms with E-state index in [1.54, 1.807) is 13.4 Å². The van der Waals surface area contributed by atoms with Gasteiger partial charge >= 0.3 is 0 Å². The first-order chi connectivity index (χ1) is 6.29. The van der Waals surface area contributed by atoms with E-state index in [0.717, 1.165) is 11.0 Å². The van der Waals surface area contributed by atoms with Crippen molar-refractivity contribution in [3.63, 3.8) is 0 Å². The molecule has 0 N–H and O–H groups in total. The molecule has 0 radical (unpaired) electrons. The van der Waals surface area contributed by atoms with Crippen LogP contribution < -0.4 is 0 Å². The summed E-state index contributed by atoms with van der Waals surface area (Å²) in [6.45, 7) is 2.01. The van der Waals surface area contributed by atoms with Crippen LogP contribution in [0.15, 0.2) is 21.6 Å². The zero-order valence-corrected chi connectivity index (χ0v) is 8.76. The van der Waals surface area contributed by atoms with Gasteiger partial charge in [0, 0.05) is 17.3 Å². The van der Waals surface area contributed by atoms with Crippen molar-refractivity contribution in [2.24, 2.45) is 0 Å². The van der Waals surface area contributed by atoms with Crippen LogP contribution in [0.4, 0.5) is 0 Å². The van der Waals surface area contributed by atoms with Gasteiger partial charge in [-0.25, -0.2) is 0 Å². The van der Waals surface area contributed by atoms with Crippen molar-refractivity contribution in [1.29, 1.82) is 0 Å². The molecule has 0 spiro atoms. The molecule has 2 nitrogen and oxygen atoms in total. The second-order valence-electron chi connectivity index (χ2n) is 3.41. The van der Waals surface area contributed by atoms with Crippen LogP contribution >= 0.6 is 11.8 Å². The van der Waals surface area contributed by atoms with E-state index in [1.807, 2.05) is 24.8 Å². The fourth-order valence-electron chi connectivity index (χ4n) is 1.48.